The van der Waals surface area contributed by atoms with Crippen LogP contribution >= 0.6 is 0 Å². The molecule has 2 heterocycles. The van der Waals surface area contributed by atoms with Gasteiger partial charge in [-0.2, -0.15) is 0 Å². The second-order valence-corrected chi connectivity index (χ2v) is 5.64. The van der Waals surface area contributed by atoms with Gasteiger partial charge in [0, 0.05) is 43.0 Å². The fourth-order valence-electron chi connectivity index (χ4n) is 2.43. The number of aromatic nitrogens is 3. The Morgan fingerprint density at radius 2 is 2.07 bits per heavy atom. The molecule has 9 heteroatoms. The van der Waals surface area contributed by atoms with E-state index in [4.69, 9.17) is 14.3 Å². The van der Waals surface area contributed by atoms with Crippen molar-refractivity contribution in [3.63, 3.8) is 0 Å². The fraction of sp³-hybridized carbons (Fsp3) is 0.222. The minimum absolute atomic E-state index is 0.0249. The lowest BCUT2D eigenvalue weighted by atomic mass is 10.0. The maximum atomic E-state index is 13.2. The smallest absolute Gasteiger partial charge is 0.404 e. The highest BCUT2D eigenvalue weighted by molar-refractivity contribution is 5.69. The maximum absolute atomic E-state index is 13.2. The Morgan fingerprint density at radius 1 is 1.30 bits per heavy atom. The van der Waals surface area contributed by atoms with Gasteiger partial charge in [-0.3, -0.25) is 4.98 Å². The van der Waals surface area contributed by atoms with Crippen molar-refractivity contribution in [2.75, 3.05) is 13.7 Å². The number of amides is 1. The molecule has 0 fully saturated rings. The zero-order valence-electron chi connectivity index (χ0n) is 14.5. The molecule has 2 aromatic heterocycles. The second-order valence-electron chi connectivity index (χ2n) is 5.64. The van der Waals surface area contributed by atoms with Crippen molar-refractivity contribution in [2.45, 2.75) is 13.0 Å². The summed E-state index contributed by atoms with van der Waals surface area (Å²) in [5, 5.41) is 19.2. The highest BCUT2D eigenvalue weighted by atomic mass is 19.1. The number of nitrogens with zero attached hydrogens (tertiary/aromatic N) is 3. The van der Waals surface area contributed by atoms with Crippen molar-refractivity contribution in [1.29, 1.82) is 0 Å². The van der Waals surface area contributed by atoms with Crippen molar-refractivity contribution in [1.82, 2.24) is 20.5 Å². The number of carboxylic acid groups (broad SMARTS) is 1. The summed E-state index contributed by atoms with van der Waals surface area (Å²) < 4.78 is 23.8. The SMILES string of the molecule is COCCc1nnc(-c2cc(-c3ccc(F)cc3)ncc2CNC(=O)O)o1. The Kier molecular flexibility index (Phi) is 5.72. The van der Waals surface area contributed by atoms with E-state index in [-0.39, 0.29) is 18.3 Å². The van der Waals surface area contributed by atoms with Crippen molar-refractivity contribution in [2.24, 2.45) is 0 Å². The van der Waals surface area contributed by atoms with Gasteiger partial charge in [-0.1, -0.05) is 0 Å². The third-order valence-corrected chi connectivity index (χ3v) is 3.77. The molecule has 3 aromatic rings. The number of hydrogen-bond donors (Lipinski definition) is 2. The standard InChI is InChI=1S/C18H17FN4O4/c1-26-7-6-16-22-23-17(27-16)14-8-15(11-2-4-13(19)5-3-11)20-9-12(14)10-21-18(24)25/h2-5,8-9,21H,6-7,10H2,1H3,(H,24,25). The molecule has 0 aliphatic heterocycles. The number of carbonyl (C=O) groups is 1. The van der Waals surface area contributed by atoms with Gasteiger partial charge in [0.15, 0.2) is 0 Å². The fourth-order valence-corrected chi connectivity index (χ4v) is 2.43. The quantitative estimate of drug-likeness (QED) is 0.656. The Labute approximate surface area is 154 Å². The molecule has 0 aliphatic rings. The summed E-state index contributed by atoms with van der Waals surface area (Å²) in [4.78, 5) is 15.2. The monoisotopic (exact) mass is 372 g/mol. The van der Waals surface area contributed by atoms with Crippen LogP contribution < -0.4 is 5.32 Å². The van der Waals surface area contributed by atoms with Gasteiger partial charge in [0.2, 0.25) is 11.8 Å². The topological polar surface area (TPSA) is 110 Å². The van der Waals surface area contributed by atoms with Crippen LogP contribution in [0.5, 0.6) is 0 Å². The predicted octanol–water partition coefficient (Wildman–Crippen LogP) is 2.89. The van der Waals surface area contributed by atoms with Gasteiger partial charge in [0.1, 0.15) is 5.82 Å². The van der Waals surface area contributed by atoms with Gasteiger partial charge in [-0.05, 0) is 30.3 Å². The number of ether oxygens (including phenoxy) is 1. The lowest BCUT2D eigenvalue weighted by molar-refractivity contribution is 0.193. The Bertz CT molecular complexity index is 927. The zero-order valence-corrected chi connectivity index (χ0v) is 14.5. The van der Waals surface area contributed by atoms with Crippen LogP contribution in [0.2, 0.25) is 0 Å². The Hall–Kier alpha value is -3.33. The van der Waals surface area contributed by atoms with Crippen LogP contribution in [0.3, 0.4) is 0 Å². The summed E-state index contributed by atoms with van der Waals surface area (Å²) in [6, 6.07) is 7.60. The third-order valence-electron chi connectivity index (χ3n) is 3.77. The lowest BCUT2D eigenvalue weighted by Crippen LogP contribution is -2.20. The van der Waals surface area contributed by atoms with Crippen LogP contribution in [0.4, 0.5) is 9.18 Å². The third kappa shape index (κ3) is 4.64. The number of rotatable bonds is 7. The van der Waals surface area contributed by atoms with E-state index < -0.39 is 6.09 Å². The van der Waals surface area contributed by atoms with Gasteiger partial charge >= 0.3 is 6.09 Å². The Balaban J connectivity index is 1.98. The van der Waals surface area contributed by atoms with Crippen molar-refractivity contribution in [3.05, 3.63) is 53.8 Å². The summed E-state index contributed by atoms with van der Waals surface area (Å²) in [6.07, 6.45) is 0.834. The van der Waals surface area contributed by atoms with Crippen LogP contribution in [-0.2, 0) is 17.7 Å². The maximum Gasteiger partial charge on any atom is 0.404 e. The van der Waals surface area contributed by atoms with E-state index in [0.717, 1.165) is 0 Å². The lowest BCUT2D eigenvalue weighted by Gasteiger charge is -2.09. The van der Waals surface area contributed by atoms with Gasteiger partial charge in [-0.15, -0.1) is 10.2 Å². The molecule has 0 unspecified atom stereocenters. The number of hydrogen-bond acceptors (Lipinski definition) is 6. The molecular weight excluding hydrogens is 355 g/mol. The average molecular weight is 372 g/mol. The average Bonchev–Trinajstić information content (AvgIpc) is 3.14. The first-order valence-electron chi connectivity index (χ1n) is 8.10. The van der Waals surface area contributed by atoms with E-state index in [1.807, 2.05) is 0 Å². The first-order chi connectivity index (χ1) is 13.1. The van der Waals surface area contributed by atoms with Gasteiger partial charge in [0.05, 0.1) is 12.3 Å². The molecule has 1 amide bonds. The van der Waals surface area contributed by atoms with E-state index in [2.05, 4.69) is 20.5 Å². The molecule has 2 N–H and O–H groups in total. The molecule has 140 valence electrons. The van der Waals surface area contributed by atoms with Crippen molar-refractivity contribution >= 4 is 6.09 Å². The van der Waals surface area contributed by atoms with Crippen LogP contribution in [0.25, 0.3) is 22.7 Å². The summed E-state index contributed by atoms with van der Waals surface area (Å²) >= 11 is 0. The van der Waals surface area contributed by atoms with Crippen LogP contribution in [0, 0.1) is 5.82 Å². The summed E-state index contributed by atoms with van der Waals surface area (Å²) in [5.74, 6) is 0.305. The number of nitrogens with one attached hydrogen (secondary N) is 1. The number of benzene rings is 1. The molecule has 0 saturated carbocycles. The van der Waals surface area contributed by atoms with E-state index in [1.54, 1.807) is 25.3 Å². The zero-order chi connectivity index (χ0) is 19.2. The molecule has 0 spiro atoms. The number of pyridine rings is 1. The molecular formula is C18H17FN4O4. The molecule has 0 atom stereocenters. The normalized spacial score (nSPS) is 10.7. The molecule has 0 radical (unpaired) electrons. The van der Waals surface area contributed by atoms with E-state index in [1.165, 1.54) is 18.3 Å². The van der Waals surface area contributed by atoms with Crippen LogP contribution in [0.1, 0.15) is 11.5 Å². The van der Waals surface area contributed by atoms with Crippen molar-refractivity contribution < 1.29 is 23.4 Å². The molecule has 1 aromatic carbocycles. The predicted molar refractivity (Wildman–Crippen MR) is 93.4 cm³/mol. The molecule has 0 aliphatic carbocycles. The van der Waals surface area contributed by atoms with Crippen LogP contribution in [-0.4, -0.2) is 40.1 Å². The molecule has 0 bridgehead atoms. The first-order valence-corrected chi connectivity index (χ1v) is 8.10. The molecule has 27 heavy (non-hydrogen) atoms. The second kappa shape index (κ2) is 8.37. The largest absolute Gasteiger partial charge is 0.465 e. The van der Waals surface area contributed by atoms with Crippen molar-refractivity contribution in [3.8, 4) is 22.7 Å². The first kappa shape index (κ1) is 18.5. The molecule has 0 saturated heterocycles. The summed E-state index contributed by atoms with van der Waals surface area (Å²) in [5.41, 5.74) is 2.40. The minimum atomic E-state index is -1.16. The summed E-state index contributed by atoms with van der Waals surface area (Å²) in [6.45, 7) is 0.462. The van der Waals surface area contributed by atoms with E-state index >= 15 is 0 Å². The van der Waals surface area contributed by atoms with Gasteiger partial charge in [0.25, 0.3) is 0 Å². The van der Waals surface area contributed by atoms with E-state index in [9.17, 15) is 9.18 Å². The Morgan fingerprint density at radius 3 is 2.78 bits per heavy atom. The minimum Gasteiger partial charge on any atom is -0.465 e. The molecule has 3 rings (SSSR count). The van der Waals surface area contributed by atoms with E-state index in [0.29, 0.717) is 41.3 Å². The van der Waals surface area contributed by atoms with Gasteiger partial charge in [-0.25, -0.2) is 9.18 Å². The number of methoxy groups -OCH3 is 1. The van der Waals surface area contributed by atoms with Gasteiger partial charge < -0.3 is 19.6 Å². The summed E-state index contributed by atoms with van der Waals surface area (Å²) in [7, 11) is 1.57. The highest BCUT2D eigenvalue weighted by Crippen LogP contribution is 2.27. The van der Waals surface area contributed by atoms with Crippen LogP contribution in [0.15, 0.2) is 40.9 Å². The highest BCUT2D eigenvalue weighted by Gasteiger charge is 2.16. The number of halogens is 1. The molecule has 8 nitrogen and oxygen atoms in total.